The van der Waals surface area contributed by atoms with Crippen molar-refractivity contribution in [2.24, 2.45) is 5.41 Å². The molecule has 1 amide bonds. The van der Waals surface area contributed by atoms with Gasteiger partial charge in [0.05, 0.1) is 4.92 Å². The lowest BCUT2D eigenvalue weighted by Gasteiger charge is -2.36. The largest absolute Gasteiger partial charge is 0.339 e. The van der Waals surface area contributed by atoms with E-state index in [9.17, 15) is 19.3 Å². The number of carbonyl (C=O) groups excluding carboxylic acids is 1. The van der Waals surface area contributed by atoms with Crippen molar-refractivity contribution in [1.82, 2.24) is 4.90 Å². The summed E-state index contributed by atoms with van der Waals surface area (Å²) in [5, 5.41) is 10.5. The fraction of sp³-hybridized carbons (Fsp3) is 0.500. The molecule has 2 rings (SSSR count). The van der Waals surface area contributed by atoms with Gasteiger partial charge in [-0.2, -0.15) is 4.39 Å². The Morgan fingerprint density at radius 3 is 2.45 bits per heavy atom. The lowest BCUT2D eigenvalue weighted by Crippen LogP contribution is -2.41. The van der Waals surface area contributed by atoms with Crippen LogP contribution in [0.5, 0.6) is 0 Å². The van der Waals surface area contributed by atoms with Gasteiger partial charge >= 0.3 is 5.69 Å². The zero-order chi connectivity index (χ0) is 14.9. The van der Waals surface area contributed by atoms with Crippen LogP contribution < -0.4 is 0 Å². The fourth-order valence-corrected chi connectivity index (χ4v) is 2.29. The fourth-order valence-electron chi connectivity index (χ4n) is 2.29. The number of likely N-dealkylation sites (tertiary alicyclic amines) is 1. The van der Waals surface area contributed by atoms with E-state index in [0.29, 0.717) is 13.1 Å². The molecule has 0 bridgehead atoms. The van der Waals surface area contributed by atoms with Crippen LogP contribution in [0.25, 0.3) is 0 Å². The van der Waals surface area contributed by atoms with Crippen LogP contribution >= 0.6 is 0 Å². The highest BCUT2D eigenvalue weighted by atomic mass is 19.1. The summed E-state index contributed by atoms with van der Waals surface area (Å²) in [5.41, 5.74) is -0.230. The molecule has 1 aliphatic rings. The van der Waals surface area contributed by atoms with Gasteiger partial charge in [-0.3, -0.25) is 14.9 Å². The maximum atomic E-state index is 13.5. The second-order valence-electron chi connectivity index (χ2n) is 5.88. The van der Waals surface area contributed by atoms with E-state index >= 15 is 0 Å². The van der Waals surface area contributed by atoms with Gasteiger partial charge in [0.1, 0.15) is 0 Å². The zero-order valence-electron chi connectivity index (χ0n) is 11.6. The topological polar surface area (TPSA) is 63.5 Å². The number of nitro groups is 1. The Morgan fingerprint density at radius 1 is 1.35 bits per heavy atom. The van der Waals surface area contributed by atoms with Gasteiger partial charge in [-0.1, -0.05) is 13.8 Å². The van der Waals surface area contributed by atoms with E-state index in [-0.39, 0.29) is 16.9 Å². The van der Waals surface area contributed by atoms with Gasteiger partial charge in [-0.15, -0.1) is 0 Å². The van der Waals surface area contributed by atoms with Crippen molar-refractivity contribution in [3.63, 3.8) is 0 Å². The molecule has 0 atom stereocenters. The molecule has 1 aromatic carbocycles. The van der Waals surface area contributed by atoms with E-state index in [1.54, 1.807) is 4.90 Å². The lowest BCUT2D eigenvalue weighted by atomic mass is 9.82. The summed E-state index contributed by atoms with van der Waals surface area (Å²) in [6.07, 6.45) is 1.79. The normalized spacial score (nSPS) is 17.9. The summed E-state index contributed by atoms with van der Waals surface area (Å²) in [5.74, 6) is -1.24. The van der Waals surface area contributed by atoms with Gasteiger partial charge in [0.25, 0.3) is 5.91 Å². The molecule has 0 saturated carbocycles. The number of hydrogen-bond acceptors (Lipinski definition) is 3. The SMILES string of the molecule is CC1(C)CCN(C(=O)c2ccc([N+](=O)[O-])c(F)c2)CC1. The lowest BCUT2D eigenvalue weighted by molar-refractivity contribution is -0.387. The average Bonchev–Trinajstić information content (AvgIpc) is 2.37. The zero-order valence-corrected chi connectivity index (χ0v) is 11.6. The van der Waals surface area contributed by atoms with Crippen molar-refractivity contribution < 1.29 is 14.1 Å². The van der Waals surface area contributed by atoms with Gasteiger partial charge in [-0.25, -0.2) is 0 Å². The minimum absolute atomic E-state index is 0.160. The van der Waals surface area contributed by atoms with E-state index in [1.165, 1.54) is 6.07 Å². The molecule has 5 nitrogen and oxygen atoms in total. The van der Waals surface area contributed by atoms with Gasteiger partial charge in [0.15, 0.2) is 0 Å². The number of piperidine rings is 1. The number of amides is 1. The Morgan fingerprint density at radius 2 is 1.95 bits per heavy atom. The number of nitrogens with zero attached hydrogens (tertiary/aromatic N) is 2. The van der Waals surface area contributed by atoms with Gasteiger partial charge in [-0.05, 0) is 30.4 Å². The first-order valence-electron chi connectivity index (χ1n) is 6.53. The van der Waals surface area contributed by atoms with E-state index in [1.807, 2.05) is 0 Å². The summed E-state index contributed by atoms with van der Waals surface area (Å²) in [6, 6.07) is 3.29. The summed E-state index contributed by atoms with van der Waals surface area (Å²) in [6.45, 7) is 5.57. The number of hydrogen-bond donors (Lipinski definition) is 0. The van der Waals surface area contributed by atoms with Crippen LogP contribution in [0.3, 0.4) is 0 Å². The van der Waals surface area contributed by atoms with Crippen LogP contribution in [-0.2, 0) is 0 Å². The third kappa shape index (κ3) is 2.95. The quantitative estimate of drug-likeness (QED) is 0.618. The summed E-state index contributed by atoms with van der Waals surface area (Å²) >= 11 is 0. The van der Waals surface area contributed by atoms with E-state index in [0.717, 1.165) is 25.0 Å². The Kier molecular flexibility index (Phi) is 3.74. The number of benzene rings is 1. The predicted octanol–water partition coefficient (Wildman–Crippen LogP) is 3.00. The molecule has 108 valence electrons. The molecule has 20 heavy (non-hydrogen) atoms. The highest BCUT2D eigenvalue weighted by Crippen LogP contribution is 2.30. The Bertz CT molecular complexity index is 547. The highest BCUT2D eigenvalue weighted by molar-refractivity contribution is 5.94. The second-order valence-corrected chi connectivity index (χ2v) is 5.88. The van der Waals surface area contributed by atoms with Crippen molar-refractivity contribution >= 4 is 11.6 Å². The third-order valence-corrected chi connectivity index (χ3v) is 3.80. The van der Waals surface area contributed by atoms with Crippen LogP contribution in [0.2, 0.25) is 0 Å². The van der Waals surface area contributed by atoms with Crippen LogP contribution in [0.1, 0.15) is 37.0 Å². The molecular weight excluding hydrogens is 263 g/mol. The maximum absolute atomic E-state index is 13.5. The molecular formula is C14H17FN2O3. The van der Waals surface area contributed by atoms with Crippen molar-refractivity contribution in [2.45, 2.75) is 26.7 Å². The minimum atomic E-state index is -0.974. The molecule has 1 aliphatic heterocycles. The first kappa shape index (κ1) is 14.4. The average molecular weight is 280 g/mol. The molecule has 0 aliphatic carbocycles. The van der Waals surface area contributed by atoms with Crippen molar-refractivity contribution in [2.75, 3.05) is 13.1 Å². The monoisotopic (exact) mass is 280 g/mol. The van der Waals surface area contributed by atoms with Gasteiger partial charge in [0.2, 0.25) is 5.82 Å². The predicted molar refractivity (Wildman–Crippen MR) is 72.0 cm³/mol. The number of rotatable bonds is 2. The Balaban J connectivity index is 2.14. The van der Waals surface area contributed by atoms with Crippen LogP contribution in [0.4, 0.5) is 10.1 Å². The number of halogens is 1. The molecule has 0 unspecified atom stereocenters. The number of carbonyl (C=O) groups is 1. The molecule has 0 aromatic heterocycles. The van der Waals surface area contributed by atoms with Crippen LogP contribution in [-0.4, -0.2) is 28.8 Å². The second kappa shape index (κ2) is 5.19. The van der Waals surface area contributed by atoms with Crippen LogP contribution in [0.15, 0.2) is 18.2 Å². The number of nitro benzene ring substituents is 1. The van der Waals surface area contributed by atoms with E-state index in [2.05, 4.69) is 13.8 Å². The smallest absolute Gasteiger partial charge is 0.304 e. The van der Waals surface area contributed by atoms with Crippen molar-refractivity contribution in [3.05, 3.63) is 39.7 Å². The summed E-state index contributed by atoms with van der Waals surface area (Å²) in [4.78, 5) is 23.7. The minimum Gasteiger partial charge on any atom is -0.339 e. The van der Waals surface area contributed by atoms with Gasteiger partial charge in [0, 0.05) is 24.7 Å². The molecule has 1 aromatic rings. The van der Waals surface area contributed by atoms with Crippen LogP contribution in [0, 0.1) is 21.3 Å². The summed E-state index contributed by atoms with van der Waals surface area (Å²) in [7, 11) is 0. The van der Waals surface area contributed by atoms with Crippen molar-refractivity contribution in [3.8, 4) is 0 Å². The molecule has 1 fully saturated rings. The highest BCUT2D eigenvalue weighted by Gasteiger charge is 2.29. The Labute approximate surface area is 116 Å². The molecule has 0 N–H and O–H groups in total. The van der Waals surface area contributed by atoms with E-state index in [4.69, 9.17) is 0 Å². The summed E-state index contributed by atoms with van der Waals surface area (Å²) < 4.78 is 13.5. The standard InChI is InChI=1S/C14H17FN2O3/c1-14(2)5-7-16(8-6-14)13(18)10-3-4-12(17(19)20)11(15)9-10/h3-4,9H,5-8H2,1-2H3. The van der Waals surface area contributed by atoms with E-state index < -0.39 is 16.4 Å². The maximum Gasteiger partial charge on any atom is 0.304 e. The van der Waals surface area contributed by atoms with Crippen molar-refractivity contribution in [1.29, 1.82) is 0 Å². The molecule has 1 saturated heterocycles. The van der Waals surface area contributed by atoms with Gasteiger partial charge < -0.3 is 4.90 Å². The molecule has 1 heterocycles. The Hall–Kier alpha value is -1.98. The first-order valence-corrected chi connectivity index (χ1v) is 6.53. The molecule has 6 heteroatoms. The third-order valence-electron chi connectivity index (χ3n) is 3.80. The molecule has 0 spiro atoms. The molecule has 0 radical (unpaired) electrons. The first-order chi connectivity index (χ1) is 9.30.